The van der Waals surface area contributed by atoms with E-state index in [4.69, 9.17) is 37.9 Å². The maximum Gasteiger partial charge on any atom is 0.433 e. The van der Waals surface area contributed by atoms with Crippen molar-refractivity contribution in [2.75, 3.05) is 42.4 Å². The number of aliphatic carboxylic acids is 1. The zero-order valence-corrected chi connectivity index (χ0v) is 29.3. The number of unbranched alkanes of at least 4 members (excludes halogenated alkanes) is 1. The molecule has 0 bridgehead atoms. The first-order valence-corrected chi connectivity index (χ1v) is 18.1. The number of aromatic nitrogens is 4. The second-order valence-electron chi connectivity index (χ2n) is 10.8. The van der Waals surface area contributed by atoms with E-state index in [2.05, 4.69) is 35.7 Å². The molecular formula is C29H35Cl2N10O9P. The van der Waals surface area contributed by atoms with Gasteiger partial charge in [-0.25, -0.2) is 24.5 Å². The number of hydrogen-bond acceptors (Lipinski definition) is 13. The smallest absolute Gasteiger partial charge is 0.433 e. The first kappa shape index (κ1) is 39.1. The second-order valence-corrected chi connectivity index (χ2v) is 13.7. The van der Waals surface area contributed by atoms with Gasteiger partial charge in [0.15, 0.2) is 11.2 Å². The number of carbonyl (C=O) groups excluding carboxylic acids is 1. The second kappa shape index (κ2) is 18.5. The fourth-order valence-electron chi connectivity index (χ4n) is 4.67. The highest BCUT2D eigenvalue weighted by Gasteiger charge is 2.32. The molecule has 7 N–H and O–H groups in total. The molecule has 4 aromatic rings. The van der Waals surface area contributed by atoms with Crippen LogP contribution in [0.2, 0.25) is 0 Å². The average Bonchev–Trinajstić information content (AvgIpc) is 3.59. The summed E-state index contributed by atoms with van der Waals surface area (Å²) in [7, 11) is -3.76. The van der Waals surface area contributed by atoms with Gasteiger partial charge in [0.1, 0.15) is 23.3 Å². The molecule has 1 aromatic carbocycles. The third-order valence-electron chi connectivity index (χ3n) is 7.21. The van der Waals surface area contributed by atoms with Crippen molar-refractivity contribution < 1.29 is 33.1 Å². The van der Waals surface area contributed by atoms with E-state index in [0.29, 0.717) is 24.2 Å². The largest absolute Gasteiger partial charge is 0.480 e. The van der Waals surface area contributed by atoms with Crippen LogP contribution >= 0.6 is 30.9 Å². The number of carbonyl (C=O) groups is 2. The molecule has 2 atom stereocenters. The summed E-state index contributed by atoms with van der Waals surface area (Å²) in [4.78, 5) is 61.8. The third kappa shape index (κ3) is 11.2. The van der Waals surface area contributed by atoms with Crippen LogP contribution in [0, 0.1) is 10.1 Å². The zero-order valence-electron chi connectivity index (χ0n) is 26.9. The van der Waals surface area contributed by atoms with E-state index in [1.807, 2.05) is 0 Å². The van der Waals surface area contributed by atoms with E-state index < -0.39 is 42.0 Å². The molecule has 274 valence electrons. The number of furan rings is 1. The van der Waals surface area contributed by atoms with Crippen LogP contribution in [0.3, 0.4) is 0 Å². The Bertz CT molecular complexity index is 1920. The quantitative estimate of drug-likeness (QED) is 0.0233. The number of halogens is 2. The lowest BCUT2D eigenvalue weighted by Crippen LogP contribution is -2.40. The summed E-state index contributed by atoms with van der Waals surface area (Å²) in [6, 6.07) is 7.60. The van der Waals surface area contributed by atoms with Gasteiger partial charge in [-0.3, -0.25) is 33.8 Å². The van der Waals surface area contributed by atoms with Crippen molar-refractivity contribution in [2.45, 2.75) is 38.5 Å². The Hall–Kier alpha value is -4.65. The van der Waals surface area contributed by atoms with Gasteiger partial charge in [0.05, 0.1) is 24.5 Å². The number of aromatic amines is 1. The van der Waals surface area contributed by atoms with Crippen molar-refractivity contribution in [1.29, 1.82) is 0 Å². The molecule has 0 spiro atoms. The van der Waals surface area contributed by atoms with Crippen LogP contribution in [-0.2, 0) is 27.0 Å². The highest BCUT2D eigenvalue weighted by atomic mass is 35.5. The number of H-pyrrole nitrogens is 1. The van der Waals surface area contributed by atoms with Crippen molar-refractivity contribution in [2.24, 2.45) is 0 Å². The van der Waals surface area contributed by atoms with Gasteiger partial charge in [0.2, 0.25) is 5.95 Å². The van der Waals surface area contributed by atoms with Crippen LogP contribution in [0.4, 0.5) is 17.5 Å². The van der Waals surface area contributed by atoms with Crippen LogP contribution in [-0.4, -0.2) is 83.9 Å². The number of nitrogens with zero attached hydrogens (tertiary/aromatic N) is 5. The van der Waals surface area contributed by atoms with E-state index in [-0.39, 0.29) is 79.4 Å². The van der Waals surface area contributed by atoms with Gasteiger partial charge in [-0.2, -0.15) is 4.98 Å². The van der Waals surface area contributed by atoms with E-state index in [9.17, 15) is 34.2 Å². The third-order valence-corrected chi connectivity index (χ3v) is 9.79. The SMILES string of the molecule is Nc1nc2ncc(CNc3ccc(C(=O)N[C@H](CCCCNP(=O)(OCc4ccc([N+](=O)[O-])o4)N(CCCl)CCCl)C(=O)O)cc3)nc2c(=O)[nH]1. The molecule has 0 radical (unpaired) electrons. The van der Waals surface area contributed by atoms with Gasteiger partial charge in [-0.1, -0.05) is 0 Å². The number of nitrogen functional groups attached to an aromatic ring is 1. The number of rotatable bonds is 21. The van der Waals surface area contributed by atoms with Crippen molar-refractivity contribution in [3.8, 4) is 0 Å². The molecule has 1 unspecified atom stereocenters. The first-order valence-electron chi connectivity index (χ1n) is 15.4. The van der Waals surface area contributed by atoms with Crippen molar-refractivity contribution in [1.82, 2.24) is 35.0 Å². The molecule has 4 rings (SSSR count). The average molecular weight is 770 g/mol. The van der Waals surface area contributed by atoms with E-state index in [1.54, 1.807) is 12.1 Å². The van der Waals surface area contributed by atoms with Gasteiger partial charge < -0.3 is 25.9 Å². The van der Waals surface area contributed by atoms with Crippen LogP contribution in [0.5, 0.6) is 0 Å². The zero-order chi connectivity index (χ0) is 37.0. The number of nitrogens with two attached hydrogens (primary N) is 1. The number of amides is 1. The topological polar surface area (TPSA) is 274 Å². The van der Waals surface area contributed by atoms with Crippen molar-refractivity contribution in [3.05, 3.63) is 80.1 Å². The fraction of sp³-hybridized carbons (Fsp3) is 0.379. The Morgan fingerprint density at radius 2 is 1.86 bits per heavy atom. The first-order chi connectivity index (χ1) is 24.4. The fourth-order valence-corrected chi connectivity index (χ4v) is 7.24. The van der Waals surface area contributed by atoms with Gasteiger partial charge in [0, 0.05) is 42.6 Å². The molecule has 0 saturated heterocycles. The van der Waals surface area contributed by atoms with E-state index in [0.717, 1.165) is 6.07 Å². The maximum absolute atomic E-state index is 13.8. The van der Waals surface area contributed by atoms with Gasteiger partial charge in [-0.15, -0.1) is 23.2 Å². The predicted molar refractivity (Wildman–Crippen MR) is 188 cm³/mol. The molecule has 0 aliphatic heterocycles. The van der Waals surface area contributed by atoms with Crippen molar-refractivity contribution in [3.63, 3.8) is 0 Å². The minimum Gasteiger partial charge on any atom is -0.480 e. The molecule has 0 fully saturated rings. The Kier molecular flexibility index (Phi) is 14.2. The predicted octanol–water partition coefficient (Wildman–Crippen LogP) is 3.46. The summed E-state index contributed by atoms with van der Waals surface area (Å²) >= 11 is 11.8. The van der Waals surface area contributed by atoms with Crippen LogP contribution in [0.25, 0.3) is 11.2 Å². The molecule has 3 heterocycles. The minimum absolute atomic E-state index is 0.0442. The number of nitro groups is 1. The summed E-state index contributed by atoms with van der Waals surface area (Å²) in [6.45, 7) is 0.340. The van der Waals surface area contributed by atoms with Crippen LogP contribution < -0.4 is 27.0 Å². The number of carboxylic acid groups (broad SMARTS) is 1. The Morgan fingerprint density at radius 3 is 2.51 bits per heavy atom. The number of benzene rings is 1. The standard InChI is InChI=1S/C29H35Cl2N10O9P/c30-10-13-40(14-11-31)51(48,49-17-21-8-9-23(50-21)41(46)47)35-12-2-1-3-22(28(44)45)37-26(42)18-4-6-19(7-5-18)33-15-20-16-34-25-24(36-20)27(43)39-29(32)38-25/h4-9,16,22,33H,1-3,10-15,17H2,(H,35,48)(H,37,42)(H,44,45)(H3,32,34,38,39,43)/t22-,51?/m1/s1. The lowest BCUT2D eigenvalue weighted by molar-refractivity contribution is -0.402. The molecular weight excluding hydrogens is 734 g/mol. The molecule has 1 amide bonds. The van der Waals surface area contributed by atoms with Crippen molar-refractivity contribution >= 4 is 71.4 Å². The monoisotopic (exact) mass is 768 g/mol. The highest BCUT2D eigenvalue weighted by Crippen LogP contribution is 2.47. The van der Waals surface area contributed by atoms with Gasteiger partial charge in [0.25, 0.3) is 11.5 Å². The summed E-state index contributed by atoms with van der Waals surface area (Å²) < 4.78 is 26.0. The molecule has 22 heteroatoms. The molecule has 0 saturated carbocycles. The summed E-state index contributed by atoms with van der Waals surface area (Å²) in [6.07, 6.45) is 2.22. The van der Waals surface area contributed by atoms with Gasteiger partial charge in [-0.05, 0) is 49.6 Å². The number of carboxylic acids is 1. The maximum atomic E-state index is 13.8. The van der Waals surface area contributed by atoms with Gasteiger partial charge >= 0.3 is 19.5 Å². The summed E-state index contributed by atoms with van der Waals surface area (Å²) in [5.41, 5.74) is 6.50. The molecule has 19 nitrogen and oxygen atoms in total. The van der Waals surface area contributed by atoms with E-state index >= 15 is 0 Å². The minimum atomic E-state index is -3.76. The Morgan fingerprint density at radius 1 is 1.14 bits per heavy atom. The van der Waals surface area contributed by atoms with E-state index in [1.165, 1.54) is 29.1 Å². The Balaban J connectivity index is 1.27. The Labute approximate surface area is 300 Å². The van der Waals surface area contributed by atoms with Crippen LogP contribution in [0.15, 0.2) is 51.8 Å². The highest BCUT2D eigenvalue weighted by molar-refractivity contribution is 7.54. The lowest BCUT2D eigenvalue weighted by Gasteiger charge is -2.30. The normalized spacial score (nSPS) is 13.2. The van der Waals surface area contributed by atoms with Crippen LogP contribution in [0.1, 0.15) is 41.1 Å². The number of anilines is 2. The lowest BCUT2D eigenvalue weighted by atomic mass is 10.1. The molecule has 3 aromatic heterocycles. The summed E-state index contributed by atoms with van der Waals surface area (Å²) in [5, 5.41) is 29.2. The number of fused-ring (bicyclic) bond motifs is 1. The number of hydrogen-bond donors (Lipinski definition) is 6. The molecule has 0 aliphatic carbocycles. The molecule has 0 aliphatic rings. The summed E-state index contributed by atoms with van der Waals surface area (Å²) in [5.74, 6) is -2.04. The molecule has 51 heavy (non-hydrogen) atoms. The number of nitrogens with one attached hydrogen (secondary N) is 4. The number of alkyl halides is 2.